The molecule has 0 atom stereocenters. The first kappa shape index (κ1) is 22.3. The van der Waals surface area contributed by atoms with E-state index < -0.39 is 0 Å². The fourth-order valence-corrected chi connectivity index (χ4v) is 2.82. The highest BCUT2D eigenvalue weighted by Gasteiger charge is 2.16. The molecule has 1 heterocycles. The van der Waals surface area contributed by atoms with E-state index in [-0.39, 0.29) is 29.9 Å². The van der Waals surface area contributed by atoms with Gasteiger partial charge in [-0.25, -0.2) is 0 Å². The lowest BCUT2D eigenvalue weighted by molar-refractivity contribution is -0.129. The number of likely N-dealkylation sites (tertiary alicyclic amines) is 1. The maximum absolute atomic E-state index is 11.9. The van der Waals surface area contributed by atoms with Gasteiger partial charge < -0.3 is 25.4 Å². The molecule has 0 saturated carbocycles. The van der Waals surface area contributed by atoms with Crippen LogP contribution in [0, 0.1) is 0 Å². The predicted molar refractivity (Wildman–Crippen MR) is 114 cm³/mol. The number of ether oxygens (including phenoxy) is 2. The second kappa shape index (κ2) is 11.8. The number of rotatable bonds is 8. The average Bonchev–Trinajstić information content (AvgIpc) is 3.16. The van der Waals surface area contributed by atoms with Gasteiger partial charge in [0.1, 0.15) is 0 Å². The molecule has 26 heavy (non-hydrogen) atoms. The maximum Gasteiger partial charge on any atom is 0.224 e. The van der Waals surface area contributed by atoms with Crippen molar-refractivity contribution in [1.82, 2.24) is 10.2 Å². The Kier molecular flexibility index (Phi) is 10.2. The Bertz CT molecular complexity index is 604. The number of amides is 1. The first-order valence-corrected chi connectivity index (χ1v) is 8.66. The van der Waals surface area contributed by atoms with E-state index in [4.69, 9.17) is 15.2 Å². The number of carbonyl (C=O) groups excluding carboxylic acids is 1. The smallest absolute Gasteiger partial charge is 0.224 e. The molecule has 8 heteroatoms. The molecule has 1 aromatic rings. The topological polar surface area (TPSA) is 89.2 Å². The number of carbonyl (C=O) groups is 1. The molecule has 1 aliphatic rings. The number of aliphatic imine (C=N–C) groups is 1. The van der Waals surface area contributed by atoms with Crippen molar-refractivity contribution in [1.29, 1.82) is 0 Å². The number of methoxy groups -OCH3 is 2. The number of nitrogens with one attached hydrogen (secondary N) is 1. The van der Waals surface area contributed by atoms with Crippen molar-refractivity contribution in [2.45, 2.75) is 25.7 Å². The van der Waals surface area contributed by atoms with Gasteiger partial charge in [0, 0.05) is 26.1 Å². The number of nitrogens with zero attached hydrogens (tertiary/aromatic N) is 2. The molecular weight excluding hydrogens is 447 g/mol. The average molecular weight is 476 g/mol. The van der Waals surface area contributed by atoms with Crippen LogP contribution in [0.3, 0.4) is 0 Å². The monoisotopic (exact) mass is 476 g/mol. The molecule has 1 aromatic carbocycles. The third-order valence-corrected chi connectivity index (χ3v) is 4.23. The van der Waals surface area contributed by atoms with Crippen LogP contribution in [0.5, 0.6) is 11.5 Å². The summed E-state index contributed by atoms with van der Waals surface area (Å²) in [5, 5.41) is 3.07. The molecule has 0 radical (unpaired) electrons. The van der Waals surface area contributed by atoms with Gasteiger partial charge >= 0.3 is 0 Å². The minimum absolute atomic E-state index is 0. The van der Waals surface area contributed by atoms with Crippen LogP contribution in [0.4, 0.5) is 0 Å². The summed E-state index contributed by atoms with van der Waals surface area (Å²) in [5.41, 5.74) is 6.96. The molecule has 0 aliphatic carbocycles. The third kappa shape index (κ3) is 6.89. The molecule has 0 aromatic heterocycles. The van der Waals surface area contributed by atoms with E-state index in [0.29, 0.717) is 37.0 Å². The predicted octanol–water partition coefficient (Wildman–Crippen LogP) is 1.78. The van der Waals surface area contributed by atoms with Crippen molar-refractivity contribution in [3.63, 3.8) is 0 Å². The highest BCUT2D eigenvalue weighted by molar-refractivity contribution is 14.0. The van der Waals surface area contributed by atoms with Crippen LogP contribution in [0.2, 0.25) is 0 Å². The Labute approximate surface area is 172 Å². The van der Waals surface area contributed by atoms with Crippen LogP contribution in [0.15, 0.2) is 23.2 Å². The van der Waals surface area contributed by atoms with Gasteiger partial charge in [0.2, 0.25) is 5.91 Å². The number of nitrogens with two attached hydrogens (primary N) is 1. The molecule has 3 N–H and O–H groups in total. The van der Waals surface area contributed by atoms with Crippen molar-refractivity contribution in [2.24, 2.45) is 10.7 Å². The highest BCUT2D eigenvalue weighted by Crippen LogP contribution is 2.27. The first-order valence-electron chi connectivity index (χ1n) is 8.66. The van der Waals surface area contributed by atoms with E-state index in [1.165, 1.54) is 0 Å². The van der Waals surface area contributed by atoms with Crippen molar-refractivity contribution >= 4 is 35.8 Å². The van der Waals surface area contributed by atoms with Crippen LogP contribution in [-0.2, 0) is 11.2 Å². The molecule has 1 fully saturated rings. The first-order chi connectivity index (χ1) is 12.1. The highest BCUT2D eigenvalue weighted by atomic mass is 127. The van der Waals surface area contributed by atoms with Crippen LogP contribution in [-0.4, -0.2) is 57.2 Å². The van der Waals surface area contributed by atoms with Gasteiger partial charge in [-0.15, -0.1) is 24.0 Å². The zero-order valence-electron chi connectivity index (χ0n) is 15.5. The number of guanidine groups is 1. The fourth-order valence-electron chi connectivity index (χ4n) is 2.82. The second-order valence-electron chi connectivity index (χ2n) is 5.97. The number of benzene rings is 1. The largest absolute Gasteiger partial charge is 0.493 e. The SMILES string of the molecule is COc1ccc(CCNC(N)=NCCC(=O)N2CCCC2)cc1OC.I. The second-order valence-corrected chi connectivity index (χ2v) is 5.97. The van der Waals surface area contributed by atoms with Gasteiger partial charge in [-0.2, -0.15) is 0 Å². The van der Waals surface area contributed by atoms with Crippen molar-refractivity contribution in [2.75, 3.05) is 40.4 Å². The molecule has 1 amide bonds. The molecule has 146 valence electrons. The fraction of sp³-hybridized carbons (Fsp3) is 0.556. The van der Waals surface area contributed by atoms with E-state index in [0.717, 1.165) is 37.9 Å². The van der Waals surface area contributed by atoms with E-state index in [9.17, 15) is 4.79 Å². The van der Waals surface area contributed by atoms with Gasteiger partial charge in [0.05, 0.1) is 20.8 Å². The summed E-state index contributed by atoms with van der Waals surface area (Å²) in [6.45, 7) is 2.83. The van der Waals surface area contributed by atoms with Crippen molar-refractivity contribution < 1.29 is 14.3 Å². The van der Waals surface area contributed by atoms with E-state index in [1.54, 1.807) is 14.2 Å². The lowest BCUT2D eigenvalue weighted by Gasteiger charge is -2.14. The molecule has 0 unspecified atom stereocenters. The van der Waals surface area contributed by atoms with E-state index in [2.05, 4.69) is 10.3 Å². The zero-order chi connectivity index (χ0) is 18.1. The quantitative estimate of drug-likeness (QED) is 0.339. The standard InChI is InChI=1S/C18H28N4O3.HI/c1-24-15-6-5-14(13-16(15)25-2)7-9-20-18(19)21-10-8-17(23)22-11-3-4-12-22;/h5-6,13H,3-4,7-12H2,1-2H3,(H3,19,20,21);1H. The van der Waals surface area contributed by atoms with Crippen molar-refractivity contribution in [3.05, 3.63) is 23.8 Å². The molecule has 0 bridgehead atoms. The summed E-state index contributed by atoms with van der Waals surface area (Å²) in [4.78, 5) is 18.0. The summed E-state index contributed by atoms with van der Waals surface area (Å²) in [6.07, 6.45) is 3.41. The summed E-state index contributed by atoms with van der Waals surface area (Å²) in [5.74, 6) is 1.96. The molecule has 7 nitrogen and oxygen atoms in total. The number of hydrogen-bond acceptors (Lipinski definition) is 4. The van der Waals surface area contributed by atoms with Gasteiger partial charge in [-0.1, -0.05) is 6.07 Å². The van der Waals surface area contributed by atoms with Crippen LogP contribution in [0.1, 0.15) is 24.8 Å². The molecular formula is C18H29IN4O3. The molecule has 2 rings (SSSR count). The summed E-state index contributed by atoms with van der Waals surface area (Å²) >= 11 is 0. The van der Waals surface area contributed by atoms with E-state index >= 15 is 0 Å². The minimum Gasteiger partial charge on any atom is -0.493 e. The Morgan fingerprint density at radius 2 is 1.92 bits per heavy atom. The van der Waals surface area contributed by atoms with Gasteiger partial charge in [-0.3, -0.25) is 9.79 Å². The number of hydrogen-bond donors (Lipinski definition) is 2. The van der Waals surface area contributed by atoms with Crippen LogP contribution in [0.25, 0.3) is 0 Å². The van der Waals surface area contributed by atoms with Crippen LogP contribution >= 0.6 is 24.0 Å². The Morgan fingerprint density at radius 3 is 2.58 bits per heavy atom. The summed E-state index contributed by atoms with van der Waals surface area (Å²) < 4.78 is 10.5. The number of halogens is 1. The van der Waals surface area contributed by atoms with Gasteiger partial charge in [0.15, 0.2) is 17.5 Å². The Balaban J connectivity index is 0.00000338. The lowest BCUT2D eigenvalue weighted by atomic mass is 10.1. The molecule has 1 saturated heterocycles. The molecule has 0 spiro atoms. The zero-order valence-corrected chi connectivity index (χ0v) is 17.8. The Morgan fingerprint density at radius 1 is 1.23 bits per heavy atom. The normalized spacial score (nSPS) is 13.9. The van der Waals surface area contributed by atoms with Crippen molar-refractivity contribution in [3.8, 4) is 11.5 Å². The minimum atomic E-state index is 0. The third-order valence-electron chi connectivity index (χ3n) is 4.23. The maximum atomic E-state index is 11.9. The van der Waals surface area contributed by atoms with Crippen LogP contribution < -0.4 is 20.5 Å². The van der Waals surface area contributed by atoms with Gasteiger partial charge in [0.25, 0.3) is 0 Å². The van der Waals surface area contributed by atoms with Gasteiger partial charge in [-0.05, 0) is 37.0 Å². The summed E-state index contributed by atoms with van der Waals surface area (Å²) in [6, 6.07) is 5.82. The molecule has 1 aliphatic heterocycles. The summed E-state index contributed by atoms with van der Waals surface area (Å²) in [7, 11) is 3.23. The Hall–Kier alpha value is -1.71. The lowest BCUT2D eigenvalue weighted by Crippen LogP contribution is -2.34. The van der Waals surface area contributed by atoms with E-state index in [1.807, 2.05) is 23.1 Å².